The third-order valence-corrected chi connectivity index (χ3v) is 5.78. The lowest BCUT2D eigenvalue weighted by atomic mass is 9.88. The van der Waals surface area contributed by atoms with Crippen LogP contribution in [-0.2, 0) is 27.1 Å². The quantitative estimate of drug-likeness (QED) is 0.824. The summed E-state index contributed by atoms with van der Waals surface area (Å²) in [7, 11) is 0. The van der Waals surface area contributed by atoms with Crippen molar-refractivity contribution in [2.24, 2.45) is 5.92 Å². The van der Waals surface area contributed by atoms with Crippen LogP contribution in [0.1, 0.15) is 60.3 Å². The summed E-state index contributed by atoms with van der Waals surface area (Å²) in [5.74, 6) is 0.146. The minimum atomic E-state index is -0.400. The molecule has 5 nitrogen and oxygen atoms in total. The van der Waals surface area contributed by atoms with Gasteiger partial charge in [0.05, 0.1) is 12.2 Å². The summed E-state index contributed by atoms with van der Waals surface area (Å²) < 4.78 is 10.8. The van der Waals surface area contributed by atoms with Crippen molar-refractivity contribution in [2.75, 3.05) is 18.5 Å². The lowest BCUT2D eigenvalue weighted by Crippen LogP contribution is -2.27. The second-order valence-corrected chi connectivity index (χ2v) is 7.79. The maximum absolute atomic E-state index is 12.5. The fourth-order valence-corrected chi connectivity index (χ4v) is 4.70. The summed E-state index contributed by atoms with van der Waals surface area (Å²) in [6.07, 6.45) is 4.93. The topological polar surface area (TPSA) is 64.6 Å². The highest BCUT2D eigenvalue weighted by molar-refractivity contribution is 7.17. The number of esters is 1. The fourth-order valence-electron chi connectivity index (χ4n) is 3.30. The van der Waals surface area contributed by atoms with Gasteiger partial charge < -0.3 is 14.8 Å². The van der Waals surface area contributed by atoms with Crippen LogP contribution in [0.15, 0.2) is 0 Å². The van der Waals surface area contributed by atoms with Crippen LogP contribution in [0.2, 0.25) is 0 Å². The average molecular weight is 351 g/mol. The van der Waals surface area contributed by atoms with Gasteiger partial charge in [-0.2, -0.15) is 0 Å². The number of carbonyl (C=O) groups is 2. The molecule has 0 saturated carbocycles. The van der Waals surface area contributed by atoms with Crippen LogP contribution in [0.5, 0.6) is 0 Å². The van der Waals surface area contributed by atoms with Gasteiger partial charge >= 0.3 is 5.97 Å². The van der Waals surface area contributed by atoms with E-state index in [-0.39, 0.29) is 11.9 Å². The molecule has 1 amide bonds. The molecule has 6 heteroatoms. The Hall–Kier alpha value is -1.40. The molecule has 0 radical (unpaired) electrons. The Morgan fingerprint density at radius 1 is 1.38 bits per heavy atom. The Labute approximate surface area is 146 Å². The first-order valence-corrected chi connectivity index (χ1v) is 9.66. The van der Waals surface area contributed by atoms with Crippen LogP contribution in [0.25, 0.3) is 0 Å². The number of anilines is 1. The Kier molecular flexibility index (Phi) is 5.56. The number of rotatable bonds is 5. The zero-order valence-electron chi connectivity index (χ0n) is 14.4. The zero-order valence-corrected chi connectivity index (χ0v) is 15.2. The van der Waals surface area contributed by atoms with Gasteiger partial charge in [0, 0.05) is 11.5 Å². The van der Waals surface area contributed by atoms with E-state index in [0.29, 0.717) is 29.7 Å². The highest BCUT2D eigenvalue weighted by Crippen LogP contribution is 2.40. The first kappa shape index (κ1) is 17.4. The summed E-state index contributed by atoms with van der Waals surface area (Å²) in [6, 6.07) is 0. The molecule has 2 aliphatic rings. The van der Waals surface area contributed by atoms with Gasteiger partial charge in [-0.25, -0.2) is 4.79 Å². The van der Waals surface area contributed by atoms with E-state index in [4.69, 9.17) is 9.47 Å². The molecule has 1 aromatic heterocycles. The average Bonchev–Trinajstić information content (AvgIpc) is 3.19. The van der Waals surface area contributed by atoms with Crippen LogP contribution in [0.4, 0.5) is 5.00 Å². The molecule has 2 heterocycles. The maximum Gasteiger partial charge on any atom is 0.341 e. The van der Waals surface area contributed by atoms with E-state index in [1.807, 2.05) is 6.92 Å². The van der Waals surface area contributed by atoms with Crippen molar-refractivity contribution in [2.45, 2.75) is 58.5 Å². The fraction of sp³-hybridized carbons (Fsp3) is 0.667. The molecule has 1 aliphatic carbocycles. The molecule has 2 atom stereocenters. The van der Waals surface area contributed by atoms with Gasteiger partial charge in [0.25, 0.3) is 5.91 Å². The molecule has 1 fully saturated rings. The number of hydrogen-bond acceptors (Lipinski definition) is 5. The van der Waals surface area contributed by atoms with Gasteiger partial charge in [-0.15, -0.1) is 11.3 Å². The summed E-state index contributed by atoms with van der Waals surface area (Å²) in [4.78, 5) is 26.2. The van der Waals surface area contributed by atoms with E-state index in [1.54, 1.807) is 0 Å². The monoisotopic (exact) mass is 351 g/mol. The first-order chi connectivity index (χ1) is 11.6. The van der Waals surface area contributed by atoms with Crippen LogP contribution < -0.4 is 5.32 Å². The SMILES string of the molecule is CCCOC(=O)c1c(NC(=O)[C@H]2CCCO2)sc2c1CC[C@H](C)C2. The summed E-state index contributed by atoms with van der Waals surface area (Å²) in [5.41, 5.74) is 1.64. The summed E-state index contributed by atoms with van der Waals surface area (Å²) >= 11 is 1.53. The number of ether oxygens (including phenoxy) is 2. The van der Waals surface area contributed by atoms with Crippen molar-refractivity contribution < 1.29 is 19.1 Å². The third kappa shape index (κ3) is 3.64. The predicted molar refractivity (Wildman–Crippen MR) is 93.7 cm³/mol. The summed E-state index contributed by atoms with van der Waals surface area (Å²) in [5, 5.41) is 3.57. The first-order valence-electron chi connectivity index (χ1n) is 8.84. The molecule has 1 N–H and O–H groups in total. The molecule has 0 bridgehead atoms. The molecule has 0 aromatic carbocycles. The zero-order chi connectivity index (χ0) is 17.1. The third-order valence-electron chi connectivity index (χ3n) is 4.61. The van der Waals surface area contributed by atoms with Crippen molar-refractivity contribution in [1.82, 2.24) is 0 Å². The van der Waals surface area contributed by atoms with E-state index in [2.05, 4.69) is 12.2 Å². The lowest BCUT2D eigenvalue weighted by Gasteiger charge is -2.18. The second kappa shape index (κ2) is 7.66. The van der Waals surface area contributed by atoms with Crippen molar-refractivity contribution in [3.8, 4) is 0 Å². The minimum absolute atomic E-state index is 0.149. The molecule has 1 aliphatic heterocycles. The number of fused-ring (bicyclic) bond motifs is 1. The van der Waals surface area contributed by atoms with Crippen molar-refractivity contribution >= 4 is 28.2 Å². The number of carbonyl (C=O) groups excluding carboxylic acids is 2. The smallest absolute Gasteiger partial charge is 0.341 e. The van der Waals surface area contributed by atoms with Gasteiger partial charge in [0.1, 0.15) is 11.1 Å². The molecule has 0 unspecified atom stereocenters. The second-order valence-electron chi connectivity index (χ2n) is 6.68. The van der Waals surface area contributed by atoms with Crippen LogP contribution >= 0.6 is 11.3 Å². The molecule has 3 rings (SSSR count). The molecular formula is C18H25NO4S. The van der Waals surface area contributed by atoms with E-state index in [0.717, 1.165) is 44.1 Å². The lowest BCUT2D eigenvalue weighted by molar-refractivity contribution is -0.124. The van der Waals surface area contributed by atoms with Gasteiger partial charge in [-0.1, -0.05) is 13.8 Å². The molecule has 0 spiro atoms. The van der Waals surface area contributed by atoms with Crippen LogP contribution in [0, 0.1) is 5.92 Å². The van der Waals surface area contributed by atoms with Gasteiger partial charge in [0.2, 0.25) is 0 Å². The number of amides is 1. The maximum atomic E-state index is 12.5. The van der Waals surface area contributed by atoms with Gasteiger partial charge in [-0.3, -0.25) is 4.79 Å². The van der Waals surface area contributed by atoms with Crippen LogP contribution in [0.3, 0.4) is 0 Å². The van der Waals surface area contributed by atoms with Crippen LogP contribution in [-0.4, -0.2) is 31.2 Å². The number of nitrogens with one attached hydrogen (secondary N) is 1. The molecule has 132 valence electrons. The van der Waals surface area contributed by atoms with Gasteiger partial charge in [-0.05, 0) is 50.0 Å². The Morgan fingerprint density at radius 3 is 2.92 bits per heavy atom. The van der Waals surface area contributed by atoms with Crippen molar-refractivity contribution in [3.05, 3.63) is 16.0 Å². The highest BCUT2D eigenvalue weighted by Gasteiger charge is 2.31. The molecule has 1 saturated heterocycles. The Morgan fingerprint density at radius 2 is 2.21 bits per heavy atom. The minimum Gasteiger partial charge on any atom is -0.462 e. The van der Waals surface area contributed by atoms with E-state index >= 15 is 0 Å². The molecule has 24 heavy (non-hydrogen) atoms. The predicted octanol–water partition coefficient (Wildman–Crippen LogP) is 3.56. The normalized spacial score (nSPS) is 22.9. The van der Waals surface area contributed by atoms with Crippen molar-refractivity contribution in [3.63, 3.8) is 0 Å². The van der Waals surface area contributed by atoms with E-state index in [1.165, 1.54) is 16.2 Å². The summed E-state index contributed by atoms with van der Waals surface area (Å²) in [6.45, 7) is 5.22. The standard InChI is InChI=1S/C18H25NO4S/c1-3-8-23-18(21)15-12-7-6-11(2)10-14(12)24-17(15)19-16(20)13-5-4-9-22-13/h11,13H,3-10H2,1-2H3,(H,19,20)/t11-,13+/m0/s1. The van der Waals surface area contributed by atoms with E-state index < -0.39 is 6.10 Å². The largest absolute Gasteiger partial charge is 0.462 e. The highest BCUT2D eigenvalue weighted by atomic mass is 32.1. The Balaban J connectivity index is 1.85. The number of thiophene rings is 1. The molecular weight excluding hydrogens is 326 g/mol. The van der Waals surface area contributed by atoms with Gasteiger partial charge in [0.15, 0.2) is 0 Å². The number of hydrogen-bond donors (Lipinski definition) is 1. The van der Waals surface area contributed by atoms with Crippen molar-refractivity contribution in [1.29, 1.82) is 0 Å². The molecule has 1 aromatic rings. The van der Waals surface area contributed by atoms with E-state index in [9.17, 15) is 9.59 Å². The Bertz CT molecular complexity index is 619.